The van der Waals surface area contributed by atoms with Crippen molar-refractivity contribution in [1.82, 2.24) is 14.7 Å². The topological polar surface area (TPSA) is 58.4 Å². The van der Waals surface area contributed by atoms with Crippen LogP contribution < -0.4 is 0 Å². The van der Waals surface area contributed by atoms with E-state index in [4.69, 9.17) is 0 Å². The first-order chi connectivity index (χ1) is 12.7. The van der Waals surface area contributed by atoms with Crippen LogP contribution in [0.1, 0.15) is 34.0 Å². The number of benzene rings is 2. The summed E-state index contributed by atoms with van der Waals surface area (Å²) in [4.78, 5) is 13.9. The van der Waals surface area contributed by atoms with Crippen molar-refractivity contribution in [3.63, 3.8) is 0 Å². The highest BCUT2D eigenvalue weighted by molar-refractivity contribution is 5.89. The van der Waals surface area contributed by atoms with Gasteiger partial charge < -0.3 is 5.11 Å². The Hall–Kier alpha value is -2.92. The van der Waals surface area contributed by atoms with Gasteiger partial charge in [0, 0.05) is 19.3 Å². The molecule has 0 amide bonds. The molecule has 0 unspecified atom stereocenters. The fourth-order valence-corrected chi connectivity index (χ4v) is 3.76. The lowest BCUT2D eigenvalue weighted by molar-refractivity contribution is 0.0695. The summed E-state index contributed by atoms with van der Waals surface area (Å²) in [5.74, 6) is -0.586. The van der Waals surface area contributed by atoms with Crippen molar-refractivity contribution in [2.75, 3.05) is 13.1 Å². The molecule has 1 N–H and O–H groups in total. The molecule has 0 saturated carbocycles. The van der Waals surface area contributed by atoms with Crippen molar-refractivity contribution < 1.29 is 9.90 Å². The Morgan fingerprint density at radius 3 is 2.65 bits per heavy atom. The molecule has 0 aliphatic carbocycles. The molecule has 2 heterocycles. The maximum absolute atomic E-state index is 11.5. The highest BCUT2D eigenvalue weighted by Crippen LogP contribution is 2.30. The van der Waals surface area contributed by atoms with Gasteiger partial charge in [0.25, 0.3) is 0 Å². The lowest BCUT2D eigenvalue weighted by atomic mass is 9.93. The molecule has 1 saturated heterocycles. The number of rotatable bonds is 5. The molecule has 3 aromatic rings. The number of carbonyl (C=O) groups is 1. The third-order valence-electron chi connectivity index (χ3n) is 5.01. The van der Waals surface area contributed by atoms with Gasteiger partial charge in [-0.3, -0.25) is 4.90 Å². The molecule has 132 valence electrons. The summed E-state index contributed by atoms with van der Waals surface area (Å²) < 4.78 is 1.97. The molecule has 1 fully saturated rings. The molecule has 0 bridgehead atoms. The Kier molecular flexibility index (Phi) is 4.54. The quantitative estimate of drug-likeness (QED) is 0.767. The lowest BCUT2D eigenvalue weighted by Gasteiger charge is -2.18. The number of likely N-dealkylation sites (tertiary alicyclic amines) is 1. The van der Waals surface area contributed by atoms with Crippen LogP contribution in [0.2, 0.25) is 0 Å². The van der Waals surface area contributed by atoms with Crippen LogP contribution in [-0.4, -0.2) is 38.8 Å². The van der Waals surface area contributed by atoms with Crippen molar-refractivity contribution in [1.29, 1.82) is 0 Å². The average Bonchev–Trinajstić information content (AvgIpc) is 3.32. The second-order valence-corrected chi connectivity index (χ2v) is 6.68. The molecule has 26 heavy (non-hydrogen) atoms. The highest BCUT2D eigenvalue weighted by atomic mass is 16.4. The normalized spacial score (nSPS) is 17.5. The van der Waals surface area contributed by atoms with E-state index < -0.39 is 5.97 Å². The van der Waals surface area contributed by atoms with Crippen molar-refractivity contribution in [3.05, 3.63) is 83.7 Å². The Morgan fingerprint density at radius 2 is 1.85 bits per heavy atom. The molecule has 0 radical (unpaired) electrons. The lowest BCUT2D eigenvalue weighted by Crippen LogP contribution is -2.22. The van der Waals surface area contributed by atoms with Crippen LogP contribution in [-0.2, 0) is 6.54 Å². The summed E-state index contributed by atoms with van der Waals surface area (Å²) in [6, 6.07) is 19.5. The van der Waals surface area contributed by atoms with Gasteiger partial charge in [-0.2, -0.15) is 5.10 Å². The van der Waals surface area contributed by atoms with Gasteiger partial charge in [0.1, 0.15) is 0 Å². The Bertz CT molecular complexity index is 904. The zero-order valence-electron chi connectivity index (χ0n) is 14.5. The molecule has 5 heteroatoms. The van der Waals surface area contributed by atoms with Crippen molar-refractivity contribution in [2.45, 2.75) is 18.9 Å². The van der Waals surface area contributed by atoms with E-state index in [1.807, 2.05) is 59.4 Å². The molecular weight excluding hydrogens is 326 g/mol. The van der Waals surface area contributed by atoms with Gasteiger partial charge in [0.05, 0.1) is 16.9 Å². The summed E-state index contributed by atoms with van der Waals surface area (Å²) in [7, 11) is 0. The Labute approximate surface area is 152 Å². The van der Waals surface area contributed by atoms with Crippen LogP contribution in [0.4, 0.5) is 0 Å². The minimum absolute atomic E-state index is 0.260. The maximum Gasteiger partial charge on any atom is 0.335 e. The van der Waals surface area contributed by atoms with Crippen molar-refractivity contribution in [2.24, 2.45) is 0 Å². The third kappa shape index (κ3) is 3.26. The van der Waals surface area contributed by atoms with Crippen molar-refractivity contribution >= 4 is 5.97 Å². The van der Waals surface area contributed by atoms with Crippen LogP contribution in [0, 0.1) is 0 Å². The molecule has 1 aliphatic rings. The fraction of sp³-hybridized carbons (Fsp3) is 0.238. The Morgan fingerprint density at radius 1 is 1.08 bits per heavy atom. The zero-order chi connectivity index (χ0) is 17.9. The van der Waals surface area contributed by atoms with E-state index in [9.17, 15) is 9.90 Å². The number of carboxylic acid groups (broad SMARTS) is 1. The molecule has 1 aromatic heterocycles. The number of aromatic nitrogens is 2. The van der Waals surface area contributed by atoms with Crippen LogP contribution in [0.3, 0.4) is 0 Å². The largest absolute Gasteiger partial charge is 0.478 e. The number of para-hydroxylation sites is 1. The summed E-state index contributed by atoms with van der Waals surface area (Å²) in [6.07, 6.45) is 2.80. The number of aromatic carboxylic acids is 1. The van der Waals surface area contributed by atoms with E-state index in [1.165, 1.54) is 0 Å². The molecule has 1 atom stereocenters. The smallest absolute Gasteiger partial charge is 0.335 e. The Balaban J connectivity index is 1.50. The molecule has 0 spiro atoms. The van der Waals surface area contributed by atoms with E-state index >= 15 is 0 Å². The highest BCUT2D eigenvalue weighted by Gasteiger charge is 2.27. The van der Waals surface area contributed by atoms with Gasteiger partial charge >= 0.3 is 5.97 Å². The number of nitrogens with zero attached hydrogens (tertiary/aromatic N) is 3. The zero-order valence-corrected chi connectivity index (χ0v) is 14.5. The summed E-state index contributed by atoms with van der Waals surface area (Å²) in [5.41, 5.74) is 3.57. The second kappa shape index (κ2) is 7.14. The second-order valence-electron chi connectivity index (χ2n) is 6.68. The monoisotopic (exact) mass is 347 g/mol. The van der Waals surface area contributed by atoms with Crippen LogP contribution in [0.5, 0.6) is 0 Å². The molecule has 1 aliphatic heterocycles. The molecule has 2 aromatic carbocycles. The maximum atomic E-state index is 11.5. The average molecular weight is 347 g/mol. The predicted octanol–water partition coefficient (Wildman–Crippen LogP) is 3.56. The van der Waals surface area contributed by atoms with E-state index in [2.05, 4.69) is 10.00 Å². The van der Waals surface area contributed by atoms with Crippen LogP contribution >= 0.6 is 0 Å². The number of hydrogen-bond donors (Lipinski definition) is 1. The van der Waals surface area contributed by atoms with Gasteiger partial charge in [0.15, 0.2) is 0 Å². The SMILES string of the molecule is O=C(O)c1ccccc1[C@H]1CCN(Cc2ccnn2-c2ccccc2)C1. The van der Waals surface area contributed by atoms with E-state index in [0.717, 1.165) is 43.0 Å². The van der Waals surface area contributed by atoms with Gasteiger partial charge in [-0.05, 0) is 48.7 Å². The van der Waals surface area contributed by atoms with E-state index in [-0.39, 0.29) is 5.92 Å². The number of hydrogen-bond acceptors (Lipinski definition) is 3. The first kappa shape index (κ1) is 16.5. The first-order valence-electron chi connectivity index (χ1n) is 8.85. The van der Waals surface area contributed by atoms with Gasteiger partial charge in [0.2, 0.25) is 0 Å². The minimum Gasteiger partial charge on any atom is -0.478 e. The first-order valence-corrected chi connectivity index (χ1v) is 8.85. The van der Waals surface area contributed by atoms with Crippen LogP contribution in [0.15, 0.2) is 66.9 Å². The number of carboxylic acids is 1. The van der Waals surface area contributed by atoms with E-state index in [1.54, 1.807) is 12.1 Å². The molecular formula is C21H21N3O2. The molecule has 5 nitrogen and oxygen atoms in total. The molecule has 4 rings (SSSR count). The van der Waals surface area contributed by atoms with Gasteiger partial charge in [-0.25, -0.2) is 9.48 Å². The summed E-state index contributed by atoms with van der Waals surface area (Å²) in [6.45, 7) is 2.63. The summed E-state index contributed by atoms with van der Waals surface area (Å²) in [5, 5.41) is 13.9. The van der Waals surface area contributed by atoms with Gasteiger partial charge in [-0.15, -0.1) is 0 Å². The predicted molar refractivity (Wildman–Crippen MR) is 99.6 cm³/mol. The minimum atomic E-state index is -0.846. The van der Waals surface area contributed by atoms with Gasteiger partial charge in [-0.1, -0.05) is 36.4 Å². The van der Waals surface area contributed by atoms with Crippen molar-refractivity contribution in [3.8, 4) is 5.69 Å². The standard InChI is InChI=1S/C21H21N3O2/c25-21(26)20-9-5-4-8-19(20)16-11-13-23(14-16)15-18-10-12-22-24(18)17-6-2-1-3-7-17/h1-10,12,16H,11,13-15H2,(H,25,26)/t16-/m0/s1. The fourth-order valence-electron chi connectivity index (χ4n) is 3.76. The van der Waals surface area contributed by atoms with E-state index in [0.29, 0.717) is 5.56 Å². The summed E-state index contributed by atoms with van der Waals surface area (Å²) >= 11 is 0. The third-order valence-corrected chi connectivity index (χ3v) is 5.01. The van der Waals surface area contributed by atoms with Crippen LogP contribution in [0.25, 0.3) is 5.69 Å².